The summed E-state index contributed by atoms with van der Waals surface area (Å²) in [5, 5.41) is 0. The van der Waals surface area contributed by atoms with Crippen molar-refractivity contribution in [3.05, 3.63) is 83.4 Å². The molecule has 0 unspecified atom stereocenters. The number of para-hydroxylation sites is 1. The van der Waals surface area contributed by atoms with Crippen LogP contribution in [0.1, 0.15) is 21.5 Å². The highest BCUT2D eigenvalue weighted by atomic mass is 16.5. The quantitative estimate of drug-likeness (QED) is 0.497. The zero-order chi connectivity index (χ0) is 16.5. The third-order valence-corrected chi connectivity index (χ3v) is 4.32. The van der Waals surface area contributed by atoms with Crippen molar-refractivity contribution in [3.63, 3.8) is 0 Å². The second-order valence-electron chi connectivity index (χ2n) is 5.71. The maximum absolute atomic E-state index is 12.1. The zero-order valence-corrected chi connectivity index (χ0v) is 13.3. The molecule has 1 aliphatic rings. The molecule has 0 aromatic heterocycles. The second kappa shape index (κ2) is 5.85. The van der Waals surface area contributed by atoms with Crippen molar-refractivity contribution in [1.29, 1.82) is 0 Å². The van der Waals surface area contributed by atoms with Gasteiger partial charge in [0, 0.05) is 12.0 Å². The van der Waals surface area contributed by atoms with E-state index in [0.29, 0.717) is 5.56 Å². The Morgan fingerprint density at radius 2 is 1.58 bits per heavy atom. The third kappa shape index (κ3) is 2.35. The van der Waals surface area contributed by atoms with Gasteiger partial charge in [-0.1, -0.05) is 48.5 Å². The molecule has 4 rings (SSSR count). The second-order valence-corrected chi connectivity index (χ2v) is 5.71. The van der Waals surface area contributed by atoms with Gasteiger partial charge in [0.25, 0.3) is 0 Å². The van der Waals surface area contributed by atoms with E-state index in [1.807, 2.05) is 54.6 Å². The van der Waals surface area contributed by atoms with Gasteiger partial charge in [0.2, 0.25) is 0 Å². The first-order valence-corrected chi connectivity index (χ1v) is 7.83. The summed E-state index contributed by atoms with van der Waals surface area (Å²) in [6.45, 7) is 0. The molecule has 3 aromatic rings. The standard InChI is InChI=1S/C21H16O3/c1-23-21(22)17-9-4-3-8-15(17)16-10-6-12-20-18(16)13-14-7-2-5-11-19(14)24-20/h2-12H,13H2,1H3. The van der Waals surface area contributed by atoms with E-state index < -0.39 is 0 Å². The van der Waals surface area contributed by atoms with Crippen LogP contribution in [0.3, 0.4) is 0 Å². The molecule has 0 atom stereocenters. The predicted molar refractivity (Wildman–Crippen MR) is 92.5 cm³/mol. The van der Waals surface area contributed by atoms with Crippen LogP contribution in [0.15, 0.2) is 66.7 Å². The van der Waals surface area contributed by atoms with Crippen molar-refractivity contribution in [2.75, 3.05) is 7.11 Å². The van der Waals surface area contributed by atoms with Crippen LogP contribution in [0.4, 0.5) is 0 Å². The van der Waals surface area contributed by atoms with Crippen molar-refractivity contribution < 1.29 is 14.3 Å². The number of carbonyl (C=O) groups is 1. The summed E-state index contributed by atoms with van der Waals surface area (Å²) in [5.41, 5.74) is 4.67. The molecule has 24 heavy (non-hydrogen) atoms. The molecule has 3 aromatic carbocycles. The smallest absolute Gasteiger partial charge is 0.338 e. The van der Waals surface area contributed by atoms with E-state index >= 15 is 0 Å². The Morgan fingerprint density at radius 1 is 0.875 bits per heavy atom. The lowest BCUT2D eigenvalue weighted by molar-refractivity contribution is 0.0601. The summed E-state index contributed by atoms with van der Waals surface area (Å²) >= 11 is 0. The zero-order valence-electron chi connectivity index (χ0n) is 13.3. The molecule has 3 heteroatoms. The van der Waals surface area contributed by atoms with Gasteiger partial charge in [-0.2, -0.15) is 0 Å². The molecule has 0 spiro atoms. The maximum Gasteiger partial charge on any atom is 0.338 e. The van der Waals surface area contributed by atoms with E-state index in [2.05, 4.69) is 6.07 Å². The number of hydrogen-bond acceptors (Lipinski definition) is 3. The Balaban J connectivity index is 1.87. The predicted octanol–water partition coefficient (Wildman–Crippen LogP) is 4.84. The number of esters is 1. The van der Waals surface area contributed by atoms with Crippen molar-refractivity contribution in [2.45, 2.75) is 6.42 Å². The number of hydrogen-bond donors (Lipinski definition) is 0. The molecular formula is C21H16O3. The summed E-state index contributed by atoms with van der Waals surface area (Å²) in [6.07, 6.45) is 0.775. The number of carbonyl (C=O) groups excluding carboxylic acids is 1. The maximum atomic E-state index is 12.1. The highest BCUT2D eigenvalue weighted by Gasteiger charge is 2.22. The fourth-order valence-electron chi connectivity index (χ4n) is 3.16. The van der Waals surface area contributed by atoms with E-state index in [0.717, 1.165) is 40.2 Å². The molecule has 1 heterocycles. The number of rotatable bonds is 2. The Bertz CT molecular complexity index is 928. The molecule has 118 valence electrons. The van der Waals surface area contributed by atoms with Gasteiger partial charge in [0.15, 0.2) is 0 Å². The Hall–Kier alpha value is -3.07. The first kappa shape index (κ1) is 14.5. The topological polar surface area (TPSA) is 35.5 Å². The van der Waals surface area contributed by atoms with E-state index in [1.165, 1.54) is 7.11 Å². The number of benzene rings is 3. The lowest BCUT2D eigenvalue weighted by atomic mass is 9.90. The first-order valence-electron chi connectivity index (χ1n) is 7.83. The summed E-state index contributed by atoms with van der Waals surface area (Å²) in [5.74, 6) is 1.40. The molecule has 0 saturated heterocycles. The minimum absolute atomic E-state index is 0.333. The number of ether oxygens (including phenoxy) is 2. The monoisotopic (exact) mass is 316 g/mol. The van der Waals surface area contributed by atoms with Gasteiger partial charge in [-0.3, -0.25) is 0 Å². The Kier molecular flexibility index (Phi) is 3.54. The molecule has 0 radical (unpaired) electrons. The fourth-order valence-corrected chi connectivity index (χ4v) is 3.16. The van der Waals surface area contributed by atoms with E-state index in [1.54, 1.807) is 6.07 Å². The third-order valence-electron chi connectivity index (χ3n) is 4.32. The minimum Gasteiger partial charge on any atom is -0.465 e. The molecule has 0 saturated carbocycles. The Labute approximate surface area is 140 Å². The fraction of sp³-hybridized carbons (Fsp3) is 0.0952. The average molecular weight is 316 g/mol. The summed E-state index contributed by atoms with van der Waals surface area (Å²) in [6, 6.07) is 21.5. The van der Waals surface area contributed by atoms with E-state index in [4.69, 9.17) is 9.47 Å². The van der Waals surface area contributed by atoms with Gasteiger partial charge in [-0.25, -0.2) is 4.79 Å². The van der Waals surface area contributed by atoms with Crippen LogP contribution in [0, 0.1) is 0 Å². The molecule has 0 aliphatic carbocycles. The van der Waals surface area contributed by atoms with Crippen LogP contribution < -0.4 is 4.74 Å². The molecule has 0 fully saturated rings. The molecule has 3 nitrogen and oxygen atoms in total. The van der Waals surface area contributed by atoms with Gasteiger partial charge in [0.1, 0.15) is 11.5 Å². The van der Waals surface area contributed by atoms with Crippen LogP contribution in [-0.4, -0.2) is 13.1 Å². The normalized spacial score (nSPS) is 11.9. The van der Waals surface area contributed by atoms with Crippen LogP contribution in [-0.2, 0) is 11.2 Å². The van der Waals surface area contributed by atoms with Crippen LogP contribution in [0.2, 0.25) is 0 Å². The van der Waals surface area contributed by atoms with Crippen molar-refractivity contribution >= 4 is 5.97 Å². The van der Waals surface area contributed by atoms with Crippen LogP contribution >= 0.6 is 0 Å². The highest BCUT2D eigenvalue weighted by Crippen LogP contribution is 2.41. The number of methoxy groups -OCH3 is 1. The van der Waals surface area contributed by atoms with E-state index in [9.17, 15) is 4.79 Å². The lowest BCUT2D eigenvalue weighted by Crippen LogP contribution is -2.07. The first-order chi connectivity index (χ1) is 11.8. The summed E-state index contributed by atoms with van der Waals surface area (Å²) in [4.78, 5) is 12.1. The van der Waals surface area contributed by atoms with Crippen LogP contribution in [0.5, 0.6) is 11.5 Å². The summed E-state index contributed by atoms with van der Waals surface area (Å²) < 4.78 is 11.0. The van der Waals surface area contributed by atoms with Gasteiger partial charge in [-0.15, -0.1) is 0 Å². The number of fused-ring (bicyclic) bond motifs is 2. The highest BCUT2D eigenvalue weighted by molar-refractivity contribution is 5.98. The van der Waals surface area contributed by atoms with Crippen molar-refractivity contribution in [3.8, 4) is 22.6 Å². The lowest BCUT2D eigenvalue weighted by Gasteiger charge is -2.23. The van der Waals surface area contributed by atoms with Crippen molar-refractivity contribution in [2.24, 2.45) is 0 Å². The van der Waals surface area contributed by atoms with Gasteiger partial charge < -0.3 is 9.47 Å². The van der Waals surface area contributed by atoms with Crippen LogP contribution in [0.25, 0.3) is 11.1 Å². The molecular weight excluding hydrogens is 300 g/mol. The van der Waals surface area contributed by atoms with Gasteiger partial charge in [0.05, 0.1) is 12.7 Å². The average Bonchev–Trinajstić information content (AvgIpc) is 2.65. The molecule has 1 aliphatic heterocycles. The van der Waals surface area contributed by atoms with E-state index in [-0.39, 0.29) is 5.97 Å². The summed E-state index contributed by atoms with van der Waals surface area (Å²) in [7, 11) is 1.40. The molecule has 0 N–H and O–H groups in total. The molecule has 0 amide bonds. The van der Waals surface area contributed by atoms with Crippen molar-refractivity contribution in [1.82, 2.24) is 0 Å². The SMILES string of the molecule is COC(=O)c1ccccc1-c1cccc2c1Cc1ccccc1O2. The van der Waals surface area contributed by atoms with Gasteiger partial charge >= 0.3 is 5.97 Å². The Morgan fingerprint density at radius 3 is 2.46 bits per heavy atom. The van der Waals surface area contributed by atoms with Gasteiger partial charge in [-0.05, 0) is 34.9 Å². The molecule has 0 bridgehead atoms. The largest absolute Gasteiger partial charge is 0.465 e. The minimum atomic E-state index is -0.333.